The summed E-state index contributed by atoms with van der Waals surface area (Å²) >= 11 is 2.11. The van der Waals surface area contributed by atoms with E-state index in [1.165, 1.54) is 224 Å². The van der Waals surface area contributed by atoms with Crippen molar-refractivity contribution in [1.29, 1.82) is 0 Å². The summed E-state index contributed by atoms with van der Waals surface area (Å²) in [5.41, 5.74) is 27.3. The third-order valence-corrected chi connectivity index (χ3v) is 25.8. The molecule has 0 saturated heterocycles. The van der Waals surface area contributed by atoms with Gasteiger partial charge in [0.15, 0.2) is 0 Å². The number of aromatic nitrogens is 1. The number of anilines is 6. The molecule has 10 aliphatic rings. The fourth-order valence-electron chi connectivity index (χ4n) is 20.8. The number of para-hydroxylation sites is 2. The number of nitrogens with zero attached hydrogens (tertiary/aromatic N) is 3. The van der Waals surface area contributed by atoms with Gasteiger partial charge in [0.2, 0.25) is 0 Å². The summed E-state index contributed by atoms with van der Waals surface area (Å²) in [5.74, 6) is 4.36. The number of hydrogen-bond acceptors (Lipinski definition) is 3. The second-order valence-electron chi connectivity index (χ2n) is 29.8. The van der Waals surface area contributed by atoms with Gasteiger partial charge in [0, 0.05) is 59.4 Å². The summed E-state index contributed by atoms with van der Waals surface area (Å²) in [6.07, 6.45) is 22.5. The zero-order chi connectivity index (χ0) is 56.2. The van der Waals surface area contributed by atoms with Crippen LogP contribution in [0.4, 0.5) is 34.1 Å². The van der Waals surface area contributed by atoms with E-state index in [-0.39, 0.29) is 23.0 Å². The lowest BCUT2D eigenvalue weighted by Crippen LogP contribution is -2.60. The Labute approximate surface area is 507 Å². The third kappa shape index (κ3) is 6.97. The molecule has 4 heterocycles. The Morgan fingerprint density at radius 2 is 1.05 bits per heavy atom. The number of rotatable bonds is 5. The van der Waals surface area contributed by atoms with Crippen LogP contribution in [0.3, 0.4) is 0 Å². The van der Waals surface area contributed by atoms with Gasteiger partial charge in [0.05, 0.1) is 28.1 Å². The maximum Gasteiger partial charge on any atom is 0.264 e. The Bertz CT molecular complexity index is 4360. The molecule has 10 aromatic rings. The maximum absolute atomic E-state index is 2.88. The Kier molecular flexibility index (Phi) is 10.7. The Hall–Kier alpha value is -6.82. The Morgan fingerprint density at radius 1 is 0.459 bits per heavy atom. The second-order valence-corrected chi connectivity index (χ2v) is 30.9. The van der Waals surface area contributed by atoms with E-state index >= 15 is 0 Å². The summed E-state index contributed by atoms with van der Waals surface area (Å²) in [6.45, 7) is 10.1. The molecule has 1 spiro atoms. The van der Waals surface area contributed by atoms with E-state index in [4.69, 9.17) is 0 Å². The van der Waals surface area contributed by atoms with E-state index in [0.717, 1.165) is 11.8 Å². The molecule has 422 valence electrons. The van der Waals surface area contributed by atoms with Gasteiger partial charge in [-0.1, -0.05) is 163 Å². The predicted octanol–water partition coefficient (Wildman–Crippen LogP) is 20.2. The number of benzene rings is 8. The van der Waals surface area contributed by atoms with Gasteiger partial charge < -0.3 is 14.4 Å². The molecule has 2 aromatic heterocycles. The van der Waals surface area contributed by atoms with E-state index in [9.17, 15) is 0 Å². The Balaban J connectivity index is 0.943. The van der Waals surface area contributed by atoms with Gasteiger partial charge >= 0.3 is 0 Å². The van der Waals surface area contributed by atoms with Crippen molar-refractivity contribution in [3.05, 3.63) is 191 Å². The first-order chi connectivity index (χ1) is 41.6. The molecule has 0 unspecified atom stereocenters. The van der Waals surface area contributed by atoms with Crippen LogP contribution in [-0.2, 0) is 16.2 Å². The van der Waals surface area contributed by atoms with Crippen molar-refractivity contribution in [3.63, 3.8) is 0 Å². The van der Waals surface area contributed by atoms with Gasteiger partial charge in [0.1, 0.15) is 0 Å². The van der Waals surface area contributed by atoms with Crippen LogP contribution in [-0.4, -0.2) is 11.3 Å². The second kappa shape index (κ2) is 18.1. The maximum atomic E-state index is 2.88. The standard InChI is InChI=1S/C80H78BN3S/c1-78(2)36-37-79(3,4)65-47-73-61(46-64(65)78)76-77(85-73)81-66-35-32-53(51-20-9-6-10-21-51)43-70(66)84(69-29-17-26-63-74(69)60-24-11-14-25-62(60)80(63)54-39-48-38-49(41-54)42-55(80)40-48)72-45-57(82-67-27-15-12-22-58(67)59-23-13-16-28-68(59)82)44-71(75(72)81)83(76)56-33-30-52(31-34-56)50-18-7-5-8-19-50/h11-17,22-35,43-51,54-55H,5-10,18-21,36-42H2,1-4H3. The van der Waals surface area contributed by atoms with Crippen LogP contribution in [0.15, 0.2) is 158 Å². The van der Waals surface area contributed by atoms with Crippen molar-refractivity contribution in [2.24, 2.45) is 23.7 Å². The van der Waals surface area contributed by atoms with Gasteiger partial charge in [-0.25, -0.2) is 0 Å². The molecule has 4 bridgehead atoms. The van der Waals surface area contributed by atoms with Crippen LogP contribution in [0.2, 0.25) is 0 Å². The largest absolute Gasteiger partial charge is 0.311 e. The fourth-order valence-corrected chi connectivity index (χ4v) is 22.1. The first-order valence-corrected chi connectivity index (χ1v) is 34.3. The predicted molar refractivity (Wildman–Crippen MR) is 360 cm³/mol. The van der Waals surface area contributed by atoms with Crippen molar-refractivity contribution in [2.75, 3.05) is 9.80 Å². The molecule has 0 N–H and O–H groups in total. The molecule has 6 saturated carbocycles. The highest BCUT2D eigenvalue weighted by molar-refractivity contribution is 7.33. The van der Waals surface area contributed by atoms with Gasteiger partial charge in [0.25, 0.3) is 6.71 Å². The molecule has 0 atom stereocenters. The first-order valence-electron chi connectivity index (χ1n) is 33.5. The summed E-state index contributed by atoms with van der Waals surface area (Å²) in [7, 11) is 0. The quantitative estimate of drug-likeness (QED) is 0.159. The lowest BCUT2D eigenvalue weighted by Gasteiger charge is -2.61. The molecule has 0 amide bonds. The minimum absolute atomic E-state index is 0.0342. The number of fused-ring (bicyclic) bond motifs is 13. The van der Waals surface area contributed by atoms with E-state index in [1.807, 2.05) is 0 Å². The zero-order valence-corrected chi connectivity index (χ0v) is 51.1. The first kappa shape index (κ1) is 50.3. The van der Waals surface area contributed by atoms with Crippen molar-refractivity contribution < 1.29 is 0 Å². The summed E-state index contributed by atoms with van der Waals surface area (Å²) in [5, 5.41) is 4.02. The molecular formula is C80H78BN3S. The SMILES string of the molecule is CC1(C)CCC(C)(C)c2cc3c4c(sc3cc21)B1c2ccc(C3CCCCC3)cc2N(c2cccc3c2-c2ccccc2C32C3CC5CC(C3)CC2C5)c2cc(-n3c5ccccc5c5ccccc53)cc(c21)N4c1ccc(C2CCCCC2)cc1. The van der Waals surface area contributed by atoms with Gasteiger partial charge in [-0.05, 0) is 227 Å². The molecule has 3 nitrogen and oxygen atoms in total. The third-order valence-electron chi connectivity index (χ3n) is 24.6. The molecule has 8 aliphatic carbocycles. The number of thiophene rings is 1. The van der Waals surface area contributed by atoms with Crippen LogP contribution < -0.4 is 25.5 Å². The summed E-state index contributed by atoms with van der Waals surface area (Å²) in [6, 6.07) is 64.8. The van der Waals surface area contributed by atoms with Crippen LogP contribution in [0.25, 0.3) is 48.7 Å². The van der Waals surface area contributed by atoms with E-state index < -0.39 is 0 Å². The van der Waals surface area contributed by atoms with Crippen molar-refractivity contribution in [3.8, 4) is 16.8 Å². The number of hydrogen-bond donors (Lipinski definition) is 0. The lowest BCUT2D eigenvalue weighted by molar-refractivity contribution is -0.0399. The monoisotopic (exact) mass is 1120 g/mol. The van der Waals surface area contributed by atoms with Gasteiger partial charge in [-0.3, -0.25) is 0 Å². The summed E-state index contributed by atoms with van der Waals surface area (Å²) in [4.78, 5) is 5.68. The minimum atomic E-state index is 0.0342. The van der Waals surface area contributed by atoms with E-state index in [0.29, 0.717) is 23.7 Å². The van der Waals surface area contributed by atoms with Crippen molar-refractivity contribution >= 4 is 99.8 Å². The average molecular weight is 1120 g/mol. The highest BCUT2D eigenvalue weighted by atomic mass is 32.1. The average Bonchev–Trinajstić information content (AvgIpc) is 1.63. The van der Waals surface area contributed by atoms with Crippen LogP contribution in [0.5, 0.6) is 0 Å². The highest BCUT2D eigenvalue weighted by Crippen LogP contribution is 2.71. The zero-order valence-electron chi connectivity index (χ0n) is 50.3. The Morgan fingerprint density at radius 3 is 1.73 bits per heavy atom. The molecule has 20 rings (SSSR count). The molecular weight excluding hydrogens is 1050 g/mol. The van der Waals surface area contributed by atoms with Crippen LogP contribution in [0.1, 0.15) is 182 Å². The highest BCUT2D eigenvalue weighted by Gasteiger charge is 2.62. The molecule has 5 heteroatoms. The van der Waals surface area contributed by atoms with Crippen molar-refractivity contribution in [2.45, 2.75) is 165 Å². The minimum Gasteiger partial charge on any atom is -0.311 e. The lowest BCUT2D eigenvalue weighted by atomic mass is 9.36. The molecule has 0 radical (unpaired) electrons. The molecule has 85 heavy (non-hydrogen) atoms. The van der Waals surface area contributed by atoms with Crippen molar-refractivity contribution in [1.82, 2.24) is 4.57 Å². The van der Waals surface area contributed by atoms with Gasteiger partial charge in [-0.2, -0.15) is 0 Å². The van der Waals surface area contributed by atoms with Crippen LogP contribution in [0, 0.1) is 23.7 Å². The van der Waals surface area contributed by atoms with E-state index in [2.05, 4.69) is 211 Å². The van der Waals surface area contributed by atoms with Gasteiger partial charge in [-0.15, -0.1) is 11.3 Å². The molecule has 8 aromatic carbocycles. The van der Waals surface area contributed by atoms with Crippen LogP contribution >= 0.6 is 11.3 Å². The normalized spacial score (nSPS) is 24.9. The molecule has 6 fully saturated rings. The summed E-state index contributed by atoms with van der Waals surface area (Å²) < 4.78 is 5.55. The topological polar surface area (TPSA) is 11.4 Å². The van der Waals surface area contributed by atoms with E-state index in [1.54, 1.807) is 16.7 Å². The fraction of sp³-hybridized carbons (Fsp3) is 0.375. The smallest absolute Gasteiger partial charge is 0.264 e. The molecule has 2 aliphatic heterocycles.